The molecule has 2 N–H and O–H groups in total. The number of alkyl halides is 3. The zero-order valence-electron chi connectivity index (χ0n) is 12.1. The second kappa shape index (κ2) is 5.90. The molecule has 0 bridgehead atoms. The van der Waals surface area contributed by atoms with E-state index in [1.165, 1.54) is 4.90 Å². The van der Waals surface area contributed by atoms with Crippen LogP contribution in [-0.4, -0.2) is 46.8 Å². The van der Waals surface area contributed by atoms with E-state index >= 15 is 0 Å². The average Bonchev–Trinajstić information content (AvgIpc) is 3.20. The van der Waals surface area contributed by atoms with Gasteiger partial charge in [0.15, 0.2) is 0 Å². The number of nitrogens with two attached hydrogens (primary N) is 1. The Labute approximate surface area is 121 Å². The van der Waals surface area contributed by atoms with Crippen molar-refractivity contribution in [3.8, 4) is 0 Å². The Balaban J connectivity index is 2.32. The van der Waals surface area contributed by atoms with Crippen LogP contribution in [0.15, 0.2) is 0 Å². The van der Waals surface area contributed by atoms with Gasteiger partial charge in [0.2, 0.25) is 17.8 Å². The fourth-order valence-corrected chi connectivity index (χ4v) is 2.09. The largest absolute Gasteiger partial charge is 0.406 e. The fraction of sp³-hybridized carbons (Fsp3) is 0.750. The topological polar surface area (TPSA) is 71.2 Å². The molecule has 1 aromatic rings. The molecule has 0 aliphatic heterocycles. The minimum absolute atomic E-state index is 0.00391. The van der Waals surface area contributed by atoms with Gasteiger partial charge in [0.05, 0.1) is 0 Å². The number of rotatable bonds is 6. The van der Waals surface area contributed by atoms with Crippen LogP contribution in [-0.2, 0) is 0 Å². The minimum Gasteiger partial charge on any atom is -0.368 e. The first-order valence-corrected chi connectivity index (χ1v) is 6.94. The molecule has 1 aliphatic rings. The van der Waals surface area contributed by atoms with Crippen molar-refractivity contribution in [3.05, 3.63) is 0 Å². The van der Waals surface area contributed by atoms with Crippen LogP contribution in [0.4, 0.5) is 31.0 Å². The van der Waals surface area contributed by atoms with Crippen LogP contribution in [0, 0.1) is 0 Å². The Bertz CT molecular complexity index is 484. The zero-order chi connectivity index (χ0) is 15.6. The van der Waals surface area contributed by atoms with Gasteiger partial charge in [-0.15, -0.1) is 0 Å². The van der Waals surface area contributed by atoms with Crippen LogP contribution in [0.1, 0.15) is 26.7 Å². The van der Waals surface area contributed by atoms with E-state index in [-0.39, 0.29) is 17.9 Å². The van der Waals surface area contributed by atoms with E-state index in [1.54, 1.807) is 0 Å². The molecule has 0 unspecified atom stereocenters. The highest BCUT2D eigenvalue weighted by Gasteiger charge is 2.39. The Morgan fingerprint density at radius 2 is 1.67 bits per heavy atom. The summed E-state index contributed by atoms with van der Waals surface area (Å²) in [5.41, 5.74) is 5.63. The van der Waals surface area contributed by atoms with Gasteiger partial charge in [-0.25, -0.2) is 0 Å². The number of aromatic nitrogens is 3. The first-order chi connectivity index (χ1) is 9.84. The van der Waals surface area contributed by atoms with Crippen molar-refractivity contribution in [2.45, 2.75) is 38.9 Å². The van der Waals surface area contributed by atoms with Crippen molar-refractivity contribution in [2.75, 3.05) is 35.2 Å². The van der Waals surface area contributed by atoms with E-state index in [0.717, 1.165) is 0 Å². The molecular weight excluding hydrogens is 285 g/mol. The summed E-state index contributed by atoms with van der Waals surface area (Å²) >= 11 is 0. The zero-order valence-corrected chi connectivity index (χ0v) is 12.1. The standard InChI is InChI=1S/C12H19F3N6/c1-3-20(4-2)10-17-9(16)18-11(19-10)21(8-5-6-8)7-12(13,14)15/h8H,3-7H2,1-2H3,(H2,16,17,18,19). The van der Waals surface area contributed by atoms with Crippen molar-refractivity contribution >= 4 is 17.8 Å². The monoisotopic (exact) mass is 304 g/mol. The highest BCUT2D eigenvalue weighted by atomic mass is 19.4. The molecule has 1 saturated carbocycles. The second-order valence-corrected chi connectivity index (χ2v) is 4.94. The number of nitrogens with zero attached hydrogens (tertiary/aromatic N) is 5. The summed E-state index contributed by atoms with van der Waals surface area (Å²) in [4.78, 5) is 15.1. The third-order valence-electron chi connectivity index (χ3n) is 3.27. The summed E-state index contributed by atoms with van der Waals surface area (Å²) in [6.07, 6.45) is -2.89. The van der Waals surface area contributed by atoms with Crippen molar-refractivity contribution in [2.24, 2.45) is 0 Å². The molecule has 21 heavy (non-hydrogen) atoms. The Morgan fingerprint density at radius 1 is 1.10 bits per heavy atom. The van der Waals surface area contributed by atoms with Gasteiger partial charge >= 0.3 is 6.18 Å². The third kappa shape index (κ3) is 4.08. The molecule has 0 spiro atoms. The Kier molecular flexibility index (Phi) is 4.38. The van der Waals surface area contributed by atoms with Gasteiger partial charge in [-0.3, -0.25) is 0 Å². The first-order valence-electron chi connectivity index (χ1n) is 6.94. The molecule has 0 radical (unpaired) electrons. The molecule has 118 valence electrons. The number of halogens is 3. The predicted molar refractivity (Wildman–Crippen MR) is 74.2 cm³/mol. The minimum atomic E-state index is -4.31. The van der Waals surface area contributed by atoms with Gasteiger partial charge in [-0.1, -0.05) is 0 Å². The highest BCUT2D eigenvalue weighted by Crippen LogP contribution is 2.33. The molecule has 1 aromatic heterocycles. The van der Waals surface area contributed by atoms with E-state index < -0.39 is 12.7 Å². The number of anilines is 3. The van der Waals surface area contributed by atoms with E-state index in [9.17, 15) is 13.2 Å². The molecule has 0 aromatic carbocycles. The smallest absolute Gasteiger partial charge is 0.368 e. The van der Waals surface area contributed by atoms with Crippen molar-refractivity contribution in [1.29, 1.82) is 0 Å². The van der Waals surface area contributed by atoms with Crippen LogP contribution >= 0.6 is 0 Å². The summed E-state index contributed by atoms with van der Waals surface area (Å²) in [6, 6.07) is -0.169. The number of hydrogen-bond acceptors (Lipinski definition) is 6. The lowest BCUT2D eigenvalue weighted by molar-refractivity contribution is -0.120. The molecular formula is C12H19F3N6. The van der Waals surface area contributed by atoms with Crippen LogP contribution < -0.4 is 15.5 Å². The van der Waals surface area contributed by atoms with Gasteiger partial charge in [-0.2, -0.15) is 28.1 Å². The quantitative estimate of drug-likeness (QED) is 0.864. The maximum Gasteiger partial charge on any atom is 0.406 e. The van der Waals surface area contributed by atoms with Crippen molar-refractivity contribution in [3.63, 3.8) is 0 Å². The molecule has 0 amide bonds. The predicted octanol–water partition coefficient (Wildman–Crippen LogP) is 1.83. The van der Waals surface area contributed by atoms with Gasteiger partial charge in [-0.05, 0) is 26.7 Å². The lowest BCUT2D eigenvalue weighted by Crippen LogP contribution is -2.38. The summed E-state index contributed by atoms with van der Waals surface area (Å²) in [5.74, 6) is 0.259. The van der Waals surface area contributed by atoms with Gasteiger partial charge in [0.25, 0.3) is 0 Å². The number of nitrogen functional groups attached to an aromatic ring is 1. The van der Waals surface area contributed by atoms with E-state index in [2.05, 4.69) is 15.0 Å². The molecule has 1 fully saturated rings. The summed E-state index contributed by atoms with van der Waals surface area (Å²) in [5, 5.41) is 0. The summed E-state index contributed by atoms with van der Waals surface area (Å²) in [7, 11) is 0. The van der Waals surface area contributed by atoms with Crippen LogP contribution in [0.3, 0.4) is 0 Å². The molecule has 9 heteroatoms. The SMILES string of the molecule is CCN(CC)c1nc(N)nc(N(CC(F)(F)F)C2CC2)n1. The lowest BCUT2D eigenvalue weighted by Gasteiger charge is -2.25. The van der Waals surface area contributed by atoms with Crippen molar-refractivity contribution in [1.82, 2.24) is 15.0 Å². The normalized spacial score (nSPS) is 15.1. The van der Waals surface area contributed by atoms with E-state index in [4.69, 9.17) is 5.73 Å². The van der Waals surface area contributed by atoms with E-state index in [0.29, 0.717) is 31.9 Å². The third-order valence-corrected chi connectivity index (χ3v) is 3.27. The average molecular weight is 304 g/mol. The Morgan fingerprint density at radius 3 is 2.14 bits per heavy atom. The number of hydrogen-bond donors (Lipinski definition) is 1. The fourth-order valence-electron chi connectivity index (χ4n) is 2.09. The second-order valence-electron chi connectivity index (χ2n) is 4.94. The van der Waals surface area contributed by atoms with Crippen LogP contribution in [0.25, 0.3) is 0 Å². The van der Waals surface area contributed by atoms with Crippen LogP contribution in [0.5, 0.6) is 0 Å². The molecule has 1 aliphatic carbocycles. The maximum atomic E-state index is 12.7. The van der Waals surface area contributed by atoms with Crippen LogP contribution in [0.2, 0.25) is 0 Å². The highest BCUT2D eigenvalue weighted by molar-refractivity contribution is 5.45. The van der Waals surface area contributed by atoms with Gasteiger partial charge < -0.3 is 15.5 Å². The first kappa shape index (κ1) is 15.6. The Hall–Kier alpha value is -1.80. The van der Waals surface area contributed by atoms with Crippen molar-refractivity contribution < 1.29 is 13.2 Å². The summed E-state index contributed by atoms with van der Waals surface area (Å²) < 4.78 is 38.2. The molecule has 0 atom stereocenters. The van der Waals surface area contributed by atoms with Gasteiger partial charge in [0.1, 0.15) is 6.54 Å². The summed E-state index contributed by atoms with van der Waals surface area (Å²) in [6.45, 7) is 4.04. The van der Waals surface area contributed by atoms with Gasteiger partial charge in [0, 0.05) is 19.1 Å². The molecule has 2 rings (SSSR count). The maximum absolute atomic E-state index is 12.7. The lowest BCUT2D eigenvalue weighted by atomic mass is 10.4. The molecule has 0 saturated heterocycles. The molecule has 6 nitrogen and oxygen atoms in total. The molecule has 1 heterocycles. The van der Waals surface area contributed by atoms with E-state index in [1.807, 2.05) is 18.7 Å².